The van der Waals surface area contributed by atoms with Crippen LogP contribution < -0.4 is 4.74 Å². The molecule has 0 aliphatic heterocycles. The van der Waals surface area contributed by atoms with Crippen LogP contribution >= 0.6 is 0 Å². The lowest BCUT2D eigenvalue weighted by molar-refractivity contribution is -0.274. The minimum atomic E-state index is -4.60. The first kappa shape index (κ1) is 17.2. The molecule has 0 bridgehead atoms. The highest BCUT2D eigenvalue weighted by Crippen LogP contribution is 2.22. The number of rotatable bonds is 1. The van der Waals surface area contributed by atoms with Gasteiger partial charge in [0, 0.05) is 0 Å². The molecule has 0 aromatic heterocycles. The van der Waals surface area contributed by atoms with Crippen LogP contribution in [0.15, 0.2) is 24.3 Å². The van der Waals surface area contributed by atoms with Gasteiger partial charge >= 0.3 is 6.36 Å². The summed E-state index contributed by atoms with van der Waals surface area (Å²) in [5.41, 5.74) is 0.733. The number of alkyl halides is 3. The zero-order valence-corrected chi connectivity index (χ0v) is 10.4. The van der Waals surface area contributed by atoms with Crippen LogP contribution in [-0.4, -0.2) is 6.36 Å². The highest BCUT2D eigenvalue weighted by Gasteiger charge is 2.30. The molecular formula is C12H19F3O. The normalized spacial score (nSPS) is 9.25. The van der Waals surface area contributed by atoms with Crippen LogP contribution in [0, 0.1) is 6.92 Å². The first-order valence-electron chi connectivity index (χ1n) is 5.30. The van der Waals surface area contributed by atoms with Gasteiger partial charge in [-0.1, -0.05) is 39.8 Å². The lowest BCUT2D eigenvalue weighted by Crippen LogP contribution is -2.17. The Morgan fingerprint density at radius 2 is 1.50 bits per heavy atom. The van der Waals surface area contributed by atoms with Gasteiger partial charge in [0.05, 0.1) is 0 Å². The molecule has 0 saturated carbocycles. The van der Waals surface area contributed by atoms with Crippen molar-refractivity contribution in [3.63, 3.8) is 0 Å². The lowest BCUT2D eigenvalue weighted by Gasteiger charge is -2.08. The molecule has 0 fully saturated rings. The second-order valence-electron chi connectivity index (χ2n) is 2.36. The first-order chi connectivity index (χ1) is 7.47. The predicted molar refractivity (Wildman–Crippen MR) is 60.6 cm³/mol. The van der Waals surface area contributed by atoms with Crippen molar-refractivity contribution in [2.45, 2.75) is 41.0 Å². The maximum absolute atomic E-state index is 11.7. The molecule has 1 aromatic rings. The van der Waals surface area contributed by atoms with Crippen molar-refractivity contribution in [1.29, 1.82) is 0 Å². The van der Waals surface area contributed by atoms with Gasteiger partial charge in [-0.15, -0.1) is 13.2 Å². The van der Waals surface area contributed by atoms with E-state index < -0.39 is 6.36 Å². The Morgan fingerprint density at radius 1 is 1.00 bits per heavy atom. The van der Waals surface area contributed by atoms with Crippen LogP contribution in [0.4, 0.5) is 13.2 Å². The molecule has 16 heavy (non-hydrogen) atoms. The number of benzene rings is 1. The smallest absolute Gasteiger partial charge is 0.406 e. The average molecular weight is 236 g/mol. The van der Waals surface area contributed by atoms with E-state index in [0.29, 0.717) is 0 Å². The molecule has 0 saturated heterocycles. The SMILES string of the molecule is CC.CC.Cc1cccc(OC(F)(F)F)c1. The Kier molecular flexibility index (Phi) is 9.75. The van der Waals surface area contributed by atoms with Crippen LogP contribution in [0.1, 0.15) is 33.3 Å². The van der Waals surface area contributed by atoms with Crippen LogP contribution in [0.5, 0.6) is 5.75 Å². The summed E-state index contributed by atoms with van der Waals surface area (Å²) in [7, 11) is 0. The molecule has 0 heterocycles. The van der Waals surface area contributed by atoms with Crippen molar-refractivity contribution >= 4 is 0 Å². The molecule has 1 rings (SSSR count). The van der Waals surface area contributed by atoms with Crippen molar-refractivity contribution in [2.75, 3.05) is 0 Å². The summed E-state index contributed by atoms with van der Waals surface area (Å²) in [6.07, 6.45) is -4.60. The van der Waals surface area contributed by atoms with Crippen LogP contribution in [-0.2, 0) is 0 Å². The molecule has 0 unspecified atom stereocenters. The van der Waals surface area contributed by atoms with Gasteiger partial charge in [0.25, 0.3) is 0 Å². The largest absolute Gasteiger partial charge is 0.573 e. The maximum Gasteiger partial charge on any atom is 0.573 e. The fraction of sp³-hybridized carbons (Fsp3) is 0.500. The second kappa shape index (κ2) is 9.07. The van der Waals surface area contributed by atoms with E-state index in [-0.39, 0.29) is 5.75 Å². The van der Waals surface area contributed by atoms with E-state index in [0.717, 1.165) is 5.56 Å². The van der Waals surface area contributed by atoms with Gasteiger partial charge in [-0.2, -0.15) is 0 Å². The molecule has 94 valence electrons. The molecule has 0 aliphatic rings. The molecule has 0 atom stereocenters. The van der Waals surface area contributed by atoms with Crippen molar-refractivity contribution in [2.24, 2.45) is 0 Å². The van der Waals surface area contributed by atoms with Gasteiger partial charge in [0.1, 0.15) is 5.75 Å². The van der Waals surface area contributed by atoms with Gasteiger partial charge in [-0.3, -0.25) is 0 Å². The Labute approximate surface area is 95.2 Å². The number of hydrogen-bond acceptors (Lipinski definition) is 1. The molecule has 1 nitrogen and oxygen atoms in total. The third-order valence-corrected chi connectivity index (χ3v) is 1.22. The van der Waals surface area contributed by atoms with E-state index in [9.17, 15) is 13.2 Å². The number of ether oxygens (including phenoxy) is 1. The molecular weight excluding hydrogens is 217 g/mol. The highest BCUT2D eigenvalue weighted by molar-refractivity contribution is 5.27. The van der Waals surface area contributed by atoms with Crippen LogP contribution in [0.3, 0.4) is 0 Å². The summed E-state index contributed by atoms with van der Waals surface area (Å²) >= 11 is 0. The van der Waals surface area contributed by atoms with Gasteiger partial charge in [-0.25, -0.2) is 0 Å². The van der Waals surface area contributed by atoms with Gasteiger partial charge in [0.15, 0.2) is 0 Å². The van der Waals surface area contributed by atoms with E-state index >= 15 is 0 Å². The topological polar surface area (TPSA) is 9.23 Å². The van der Waals surface area contributed by atoms with E-state index in [4.69, 9.17) is 0 Å². The quantitative estimate of drug-likeness (QED) is 0.670. The van der Waals surface area contributed by atoms with Crippen molar-refractivity contribution in [1.82, 2.24) is 0 Å². The minimum absolute atomic E-state index is 0.178. The van der Waals surface area contributed by atoms with Gasteiger partial charge in [0.2, 0.25) is 0 Å². The third-order valence-electron chi connectivity index (χ3n) is 1.22. The van der Waals surface area contributed by atoms with Gasteiger partial charge < -0.3 is 4.74 Å². The Bertz CT molecular complexity index is 269. The van der Waals surface area contributed by atoms with Gasteiger partial charge in [-0.05, 0) is 24.6 Å². The van der Waals surface area contributed by atoms with E-state index in [1.807, 2.05) is 27.7 Å². The number of halogens is 3. The second-order valence-corrected chi connectivity index (χ2v) is 2.36. The van der Waals surface area contributed by atoms with Crippen LogP contribution in [0.25, 0.3) is 0 Å². The Balaban J connectivity index is 0. The van der Waals surface area contributed by atoms with Crippen molar-refractivity contribution < 1.29 is 17.9 Å². The molecule has 0 radical (unpaired) electrons. The molecule has 0 amide bonds. The molecule has 0 spiro atoms. The summed E-state index contributed by atoms with van der Waals surface area (Å²) in [4.78, 5) is 0. The summed E-state index contributed by atoms with van der Waals surface area (Å²) < 4.78 is 38.6. The fourth-order valence-electron chi connectivity index (χ4n) is 0.812. The van der Waals surface area contributed by atoms with Crippen molar-refractivity contribution in [3.8, 4) is 5.75 Å². The minimum Gasteiger partial charge on any atom is -0.406 e. The Hall–Kier alpha value is -1.19. The van der Waals surface area contributed by atoms with E-state index in [1.54, 1.807) is 13.0 Å². The van der Waals surface area contributed by atoms with E-state index in [2.05, 4.69) is 4.74 Å². The summed E-state index contributed by atoms with van der Waals surface area (Å²) in [5, 5.41) is 0. The highest BCUT2D eigenvalue weighted by atomic mass is 19.4. The lowest BCUT2D eigenvalue weighted by atomic mass is 10.2. The van der Waals surface area contributed by atoms with Crippen LogP contribution in [0.2, 0.25) is 0 Å². The first-order valence-corrected chi connectivity index (χ1v) is 5.30. The predicted octanol–water partition coefficient (Wildman–Crippen LogP) is 4.95. The maximum atomic E-state index is 11.7. The summed E-state index contributed by atoms with van der Waals surface area (Å²) in [6.45, 7) is 9.70. The number of aryl methyl sites for hydroxylation is 1. The average Bonchev–Trinajstić information content (AvgIpc) is 2.21. The fourth-order valence-corrected chi connectivity index (χ4v) is 0.812. The van der Waals surface area contributed by atoms with E-state index in [1.165, 1.54) is 18.2 Å². The molecule has 0 N–H and O–H groups in total. The zero-order valence-electron chi connectivity index (χ0n) is 10.4. The summed E-state index contributed by atoms with van der Waals surface area (Å²) in [5.74, 6) is -0.178. The number of hydrogen-bond donors (Lipinski definition) is 0. The molecule has 4 heteroatoms. The Morgan fingerprint density at radius 3 is 1.88 bits per heavy atom. The molecule has 1 aromatic carbocycles. The monoisotopic (exact) mass is 236 g/mol. The van der Waals surface area contributed by atoms with Crippen molar-refractivity contribution in [3.05, 3.63) is 29.8 Å². The molecule has 0 aliphatic carbocycles. The zero-order chi connectivity index (χ0) is 13.2. The summed E-state index contributed by atoms with van der Waals surface area (Å²) in [6, 6.07) is 5.80. The standard InChI is InChI=1S/C8H7F3O.2C2H6/c1-6-3-2-4-7(5-6)12-8(9,10)11;2*1-2/h2-5H,1H3;2*1-2H3. The third kappa shape index (κ3) is 9.37.